The Morgan fingerprint density at radius 3 is 2.62 bits per heavy atom. The van der Waals surface area contributed by atoms with Crippen LogP contribution in [-0.2, 0) is 4.79 Å². The van der Waals surface area contributed by atoms with E-state index >= 15 is 0 Å². The zero-order chi connectivity index (χ0) is 18.7. The normalized spacial score (nSPS) is 14.3. The molecule has 2 amide bonds. The molecule has 1 aliphatic heterocycles. The predicted octanol–water partition coefficient (Wildman–Crippen LogP) is 2.62. The molecular weight excluding hydrogens is 377 g/mol. The summed E-state index contributed by atoms with van der Waals surface area (Å²) in [7, 11) is 0. The number of piperazine rings is 1. The Kier molecular flexibility index (Phi) is 5.58. The third kappa shape index (κ3) is 4.05. The van der Waals surface area contributed by atoms with E-state index in [1.165, 1.54) is 0 Å². The predicted molar refractivity (Wildman–Crippen MR) is 101 cm³/mol. The molecule has 1 aromatic heterocycles. The maximum Gasteiger partial charge on any atom is 0.274 e. The average Bonchev–Trinajstić information content (AvgIpc) is 2.65. The second-order valence-electron chi connectivity index (χ2n) is 5.88. The summed E-state index contributed by atoms with van der Waals surface area (Å²) in [5, 5.41) is 3.36. The van der Waals surface area contributed by atoms with E-state index in [0.717, 1.165) is 6.41 Å². The zero-order valence-corrected chi connectivity index (χ0v) is 15.6. The Morgan fingerprint density at radius 1 is 1.19 bits per heavy atom. The molecule has 7 nitrogen and oxygen atoms in total. The van der Waals surface area contributed by atoms with Gasteiger partial charge in [0.2, 0.25) is 12.4 Å². The number of amides is 2. The molecule has 9 heteroatoms. The highest BCUT2D eigenvalue weighted by Gasteiger charge is 2.20. The van der Waals surface area contributed by atoms with Crippen LogP contribution in [0.1, 0.15) is 16.2 Å². The van der Waals surface area contributed by atoms with Gasteiger partial charge in [0.05, 0.1) is 15.7 Å². The Bertz CT molecular complexity index is 838. The minimum atomic E-state index is -0.396. The van der Waals surface area contributed by atoms with Crippen molar-refractivity contribution in [1.82, 2.24) is 14.9 Å². The van der Waals surface area contributed by atoms with Crippen LogP contribution in [0, 0.1) is 6.92 Å². The number of rotatable bonds is 4. The molecule has 0 spiro atoms. The number of halogens is 2. The van der Waals surface area contributed by atoms with Crippen LogP contribution in [0.5, 0.6) is 0 Å². The summed E-state index contributed by atoms with van der Waals surface area (Å²) in [5.41, 5.74) is 1.33. The monoisotopic (exact) mass is 393 g/mol. The van der Waals surface area contributed by atoms with Crippen molar-refractivity contribution in [3.63, 3.8) is 0 Å². The molecular formula is C17H17Cl2N5O2. The Labute approximate surface area is 160 Å². The molecule has 0 saturated carbocycles. The van der Waals surface area contributed by atoms with Crippen LogP contribution in [0.3, 0.4) is 0 Å². The van der Waals surface area contributed by atoms with Gasteiger partial charge in [0, 0.05) is 31.9 Å². The first kappa shape index (κ1) is 18.4. The smallest absolute Gasteiger partial charge is 0.274 e. The van der Waals surface area contributed by atoms with Crippen LogP contribution in [0.25, 0.3) is 0 Å². The topological polar surface area (TPSA) is 78.4 Å². The highest BCUT2D eigenvalue weighted by Crippen LogP contribution is 2.29. The first-order valence-electron chi connectivity index (χ1n) is 8.03. The summed E-state index contributed by atoms with van der Waals surface area (Å²) in [5.74, 6) is 0.0744. The second-order valence-corrected chi connectivity index (χ2v) is 6.66. The van der Waals surface area contributed by atoms with Gasteiger partial charge in [-0.2, -0.15) is 0 Å². The highest BCUT2D eigenvalue weighted by atomic mass is 35.5. The molecule has 26 heavy (non-hydrogen) atoms. The molecule has 0 radical (unpaired) electrons. The largest absolute Gasteiger partial charge is 0.342 e. The van der Waals surface area contributed by atoms with Crippen LogP contribution in [0.4, 0.5) is 11.6 Å². The minimum absolute atomic E-state index is 0.237. The van der Waals surface area contributed by atoms with E-state index < -0.39 is 5.91 Å². The van der Waals surface area contributed by atoms with Gasteiger partial charge in [-0.1, -0.05) is 29.3 Å². The van der Waals surface area contributed by atoms with E-state index in [-0.39, 0.29) is 10.7 Å². The van der Waals surface area contributed by atoms with Crippen molar-refractivity contribution in [1.29, 1.82) is 0 Å². The molecule has 0 aliphatic carbocycles. The molecule has 2 aromatic rings. The summed E-state index contributed by atoms with van der Waals surface area (Å²) < 4.78 is 0. The number of hydrogen-bond acceptors (Lipinski definition) is 5. The van der Waals surface area contributed by atoms with Gasteiger partial charge in [-0.25, -0.2) is 9.97 Å². The van der Waals surface area contributed by atoms with Crippen molar-refractivity contribution in [3.05, 3.63) is 45.7 Å². The van der Waals surface area contributed by atoms with Gasteiger partial charge in [-0.15, -0.1) is 0 Å². The molecule has 2 heterocycles. The number of anilines is 2. The lowest BCUT2D eigenvalue weighted by Crippen LogP contribution is -2.46. The molecule has 1 aromatic carbocycles. The fraction of sp³-hybridized carbons (Fsp3) is 0.294. The Hall–Kier alpha value is -2.38. The van der Waals surface area contributed by atoms with Crippen LogP contribution in [-0.4, -0.2) is 53.4 Å². The molecule has 0 atom stereocenters. The van der Waals surface area contributed by atoms with E-state index in [4.69, 9.17) is 23.2 Å². The highest BCUT2D eigenvalue weighted by molar-refractivity contribution is 6.44. The van der Waals surface area contributed by atoms with E-state index in [1.807, 2.05) is 4.90 Å². The number of nitrogens with zero attached hydrogens (tertiary/aromatic N) is 4. The number of aromatic nitrogens is 2. The van der Waals surface area contributed by atoms with Gasteiger partial charge in [0.25, 0.3) is 5.91 Å². The number of carbonyl (C=O) groups is 2. The summed E-state index contributed by atoms with van der Waals surface area (Å²) in [4.78, 5) is 35.9. The zero-order valence-electron chi connectivity index (χ0n) is 14.1. The minimum Gasteiger partial charge on any atom is -0.342 e. The molecule has 0 unspecified atom stereocenters. The fourth-order valence-electron chi connectivity index (χ4n) is 2.62. The summed E-state index contributed by atoms with van der Waals surface area (Å²) in [6.07, 6.45) is 0.835. The Morgan fingerprint density at radius 2 is 1.92 bits per heavy atom. The van der Waals surface area contributed by atoms with Gasteiger partial charge in [-0.05, 0) is 25.1 Å². The summed E-state index contributed by atoms with van der Waals surface area (Å²) in [6.45, 7) is 4.23. The Balaban J connectivity index is 1.80. The van der Waals surface area contributed by atoms with Gasteiger partial charge < -0.3 is 15.1 Å². The standard InChI is InChI=1S/C17H17Cl2N5O2/c1-11-9-14(16(26)21-13-4-2-3-12(18)15(13)19)22-17(20-11)24-7-5-23(10-25)6-8-24/h2-4,9-10H,5-8H2,1H3,(H,21,26). The van der Waals surface area contributed by atoms with Crippen molar-refractivity contribution in [3.8, 4) is 0 Å². The van der Waals surface area contributed by atoms with Gasteiger partial charge in [0.1, 0.15) is 5.69 Å². The summed E-state index contributed by atoms with van der Waals surface area (Å²) in [6, 6.07) is 6.62. The van der Waals surface area contributed by atoms with Crippen molar-refractivity contribution in [2.24, 2.45) is 0 Å². The lowest BCUT2D eigenvalue weighted by molar-refractivity contribution is -0.118. The number of nitrogens with one attached hydrogen (secondary N) is 1. The third-order valence-corrected chi connectivity index (χ3v) is 4.84. The van der Waals surface area contributed by atoms with Crippen molar-refractivity contribution < 1.29 is 9.59 Å². The number of benzene rings is 1. The number of aryl methyl sites for hydroxylation is 1. The molecule has 3 rings (SSSR count). The molecule has 1 saturated heterocycles. The maximum atomic E-state index is 12.6. The lowest BCUT2D eigenvalue weighted by Gasteiger charge is -2.32. The first-order valence-corrected chi connectivity index (χ1v) is 8.79. The molecule has 1 N–H and O–H groups in total. The fourth-order valence-corrected chi connectivity index (χ4v) is 2.97. The van der Waals surface area contributed by atoms with Gasteiger partial charge in [0.15, 0.2) is 0 Å². The van der Waals surface area contributed by atoms with Gasteiger partial charge in [-0.3, -0.25) is 9.59 Å². The number of carbonyl (C=O) groups excluding carboxylic acids is 2. The SMILES string of the molecule is Cc1cc(C(=O)Nc2cccc(Cl)c2Cl)nc(N2CCN(C=O)CC2)n1. The van der Waals surface area contributed by atoms with E-state index in [2.05, 4.69) is 15.3 Å². The van der Waals surface area contributed by atoms with E-state index in [9.17, 15) is 9.59 Å². The molecule has 1 aliphatic rings. The van der Waals surface area contributed by atoms with E-state index in [0.29, 0.717) is 48.5 Å². The molecule has 1 fully saturated rings. The molecule has 0 bridgehead atoms. The van der Waals surface area contributed by atoms with Crippen molar-refractivity contribution in [2.45, 2.75) is 6.92 Å². The molecule has 136 valence electrons. The van der Waals surface area contributed by atoms with Crippen LogP contribution >= 0.6 is 23.2 Å². The van der Waals surface area contributed by atoms with Crippen LogP contribution < -0.4 is 10.2 Å². The van der Waals surface area contributed by atoms with Crippen molar-refractivity contribution >= 4 is 47.2 Å². The van der Waals surface area contributed by atoms with Crippen LogP contribution in [0.15, 0.2) is 24.3 Å². The van der Waals surface area contributed by atoms with Crippen molar-refractivity contribution in [2.75, 3.05) is 36.4 Å². The third-order valence-electron chi connectivity index (χ3n) is 4.02. The van der Waals surface area contributed by atoms with E-state index in [1.54, 1.807) is 36.1 Å². The lowest BCUT2D eigenvalue weighted by atomic mass is 10.2. The summed E-state index contributed by atoms with van der Waals surface area (Å²) >= 11 is 12.1. The quantitative estimate of drug-likeness (QED) is 0.807. The maximum absolute atomic E-state index is 12.6. The number of hydrogen-bond donors (Lipinski definition) is 1. The first-order chi connectivity index (χ1) is 12.5. The van der Waals surface area contributed by atoms with Gasteiger partial charge >= 0.3 is 0 Å². The van der Waals surface area contributed by atoms with Crippen LogP contribution in [0.2, 0.25) is 10.0 Å². The second kappa shape index (κ2) is 7.88. The average molecular weight is 394 g/mol.